The molecule has 1 aliphatic rings. The number of carbonyl (C=O) groups excluding carboxylic acids is 4. The van der Waals surface area contributed by atoms with Crippen LogP contribution >= 0.6 is 11.3 Å². The van der Waals surface area contributed by atoms with E-state index >= 15 is 0 Å². The Bertz CT molecular complexity index is 1470. The van der Waals surface area contributed by atoms with Crippen molar-refractivity contribution in [1.82, 2.24) is 25.4 Å². The number of carboxylic acid groups (broad SMARTS) is 1. The molecule has 2 aromatic rings. The van der Waals surface area contributed by atoms with E-state index in [4.69, 9.17) is 4.74 Å². The lowest BCUT2D eigenvalue weighted by Crippen LogP contribution is -2.58. The molecule has 3 rings (SSSR count). The summed E-state index contributed by atoms with van der Waals surface area (Å²) in [6, 6.07) is 7.68. The normalized spacial score (nSPS) is 18.5. The summed E-state index contributed by atoms with van der Waals surface area (Å²) in [4.78, 5) is 73.3. The van der Waals surface area contributed by atoms with Crippen LogP contribution in [0.15, 0.2) is 35.7 Å². The fourth-order valence-electron chi connectivity index (χ4n) is 6.64. The van der Waals surface area contributed by atoms with Gasteiger partial charge in [-0.1, -0.05) is 77.8 Å². The van der Waals surface area contributed by atoms with E-state index in [9.17, 15) is 29.1 Å². The number of benzene rings is 1. The highest BCUT2D eigenvalue weighted by Crippen LogP contribution is 2.31. The van der Waals surface area contributed by atoms with Crippen molar-refractivity contribution in [2.45, 2.75) is 117 Å². The van der Waals surface area contributed by atoms with Crippen molar-refractivity contribution in [3.63, 3.8) is 0 Å². The first-order valence-electron chi connectivity index (χ1n) is 18.1. The Morgan fingerprint density at radius 1 is 1.06 bits per heavy atom. The fraction of sp³-hybridized carbons (Fsp3) is 0.632. The van der Waals surface area contributed by atoms with Crippen LogP contribution < -0.4 is 10.6 Å². The second-order valence-corrected chi connectivity index (χ2v) is 15.3. The quantitative estimate of drug-likeness (QED) is 0.178. The summed E-state index contributed by atoms with van der Waals surface area (Å²) in [7, 11) is 3.66. The van der Waals surface area contributed by atoms with Crippen molar-refractivity contribution in [2.75, 3.05) is 20.6 Å². The van der Waals surface area contributed by atoms with Gasteiger partial charge < -0.3 is 25.4 Å². The summed E-state index contributed by atoms with van der Waals surface area (Å²) in [6.07, 6.45) is 3.53. The highest BCUT2D eigenvalue weighted by Gasteiger charge is 2.37. The summed E-state index contributed by atoms with van der Waals surface area (Å²) in [5.41, 5.74) is 1.09. The molecule has 1 fully saturated rings. The van der Waals surface area contributed by atoms with Crippen LogP contribution in [-0.2, 0) is 30.3 Å². The van der Waals surface area contributed by atoms with Gasteiger partial charge in [-0.05, 0) is 56.7 Å². The third kappa shape index (κ3) is 12.1. The molecule has 12 nitrogen and oxygen atoms in total. The number of hydrogen-bond donors (Lipinski definition) is 3. The van der Waals surface area contributed by atoms with Gasteiger partial charge in [0.25, 0.3) is 5.91 Å². The predicted molar refractivity (Wildman–Crippen MR) is 197 cm³/mol. The summed E-state index contributed by atoms with van der Waals surface area (Å²) >= 11 is 1.18. The molecule has 3 N–H and O–H groups in total. The minimum Gasteiger partial charge on any atom is -0.481 e. The molecule has 7 atom stereocenters. The molecule has 0 saturated carbocycles. The number of ether oxygens (including phenoxy) is 1. The molecule has 1 aliphatic heterocycles. The number of aromatic nitrogens is 1. The van der Waals surface area contributed by atoms with Gasteiger partial charge in [0.15, 0.2) is 6.10 Å². The van der Waals surface area contributed by atoms with Crippen molar-refractivity contribution in [3.8, 4) is 0 Å². The van der Waals surface area contributed by atoms with Crippen LogP contribution in [0, 0.1) is 17.8 Å². The monoisotopic (exact) mass is 727 g/mol. The van der Waals surface area contributed by atoms with E-state index in [-0.39, 0.29) is 48.2 Å². The Morgan fingerprint density at radius 2 is 1.75 bits per heavy atom. The number of nitrogens with zero attached hydrogens (tertiary/aromatic N) is 3. The molecular formula is C38H57N5O7S. The van der Waals surface area contributed by atoms with Crippen molar-refractivity contribution in [1.29, 1.82) is 0 Å². The number of likely N-dealkylation sites (N-methyl/N-ethyl adjacent to an activating group) is 2. The average molecular weight is 728 g/mol. The number of likely N-dealkylation sites (tertiary alicyclic amines) is 1. The van der Waals surface area contributed by atoms with Gasteiger partial charge in [0, 0.05) is 37.9 Å². The molecule has 0 bridgehead atoms. The maximum Gasteiger partial charge on any atom is 0.306 e. The van der Waals surface area contributed by atoms with Gasteiger partial charge >= 0.3 is 11.9 Å². The number of rotatable bonds is 18. The van der Waals surface area contributed by atoms with E-state index in [0.29, 0.717) is 17.8 Å². The molecule has 2 heterocycles. The van der Waals surface area contributed by atoms with E-state index in [1.807, 2.05) is 70.0 Å². The van der Waals surface area contributed by atoms with Crippen LogP contribution in [0.25, 0.3) is 0 Å². The molecular weight excluding hydrogens is 671 g/mol. The first kappa shape index (κ1) is 41.6. The Morgan fingerprint density at radius 3 is 2.33 bits per heavy atom. The zero-order valence-electron chi connectivity index (χ0n) is 31.4. The first-order valence-corrected chi connectivity index (χ1v) is 19.0. The Kier molecular flexibility index (Phi) is 16.0. The molecule has 0 aliphatic carbocycles. The van der Waals surface area contributed by atoms with Gasteiger partial charge in [0.2, 0.25) is 11.8 Å². The average Bonchev–Trinajstić information content (AvgIpc) is 3.59. The van der Waals surface area contributed by atoms with E-state index in [1.54, 1.807) is 24.3 Å². The topological polar surface area (TPSA) is 158 Å². The van der Waals surface area contributed by atoms with Crippen LogP contribution in [0.2, 0.25) is 0 Å². The highest BCUT2D eigenvalue weighted by molar-refractivity contribution is 7.09. The Hall–Kier alpha value is -3.84. The largest absolute Gasteiger partial charge is 0.481 e. The van der Waals surface area contributed by atoms with Crippen LogP contribution in [-0.4, -0.2) is 94.4 Å². The van der Waals surface area contributed by atoms with Crippen LogP contribution in [0.4, 0.5) is 0 Å². The lowest BCUT2D eigenvalue weighted by atomic mass is 9.92. The number of carbonyl (C=O) groups is 5. The number of thiazole rings is 1. The second kappa shape index (κ2) is 19.7. The van der Waals surface area contributed by atoms with E-state index in [0.717, 1.165) is 31.4 Å². The number of amides is 3. The third-order valence-corrected chi connectivity index (χ3v) is 10.9. The number of piperidine rings is 1. The molecule has 51 heavy (non-hydrogen) atoms. The minimum absolute atomic E-state index is 0.0486. The summed E-state index contributed by atoms with van der Waals surface area (Å²) < 4.78 is 5.76. The molecule has 282 valence electrons. The predicted octanol–water partition coefficient (Wildman–Crippen LogP) is 5.09. The van der Waals surface area contributed by atoms with Gasteiger partial charge in [0.1, 0.15) is 16.7 Å². The van der Waals surface area contributed by atoms with E-state index in [2.05, 4.69) is 15.6 Å². The molecule has 0 radical (unpaired) electrons. The maximum absolute atomic E-state index is 14.2. The van der Waals surface area contributed by atoms with Gasteiger partial charge in [0.05, 0.1) is 12.0 Å². The first-order chi connectivity index (χ1) is 24.1. The standard InChI is InChI=1S/C38H57N5O7S/c1-9-24(4)33(41-35(46)30-17-13-14-18-42(30)7)37(47)43(8)31(23(2)3)21-32(50-26(6)44)36-40-29(22-51-36)34(45)39-28(19-25(5)38(48)49)20-27-15-11-10-12-16-27/h10-12,15-16,22-25,28,30-33H,9,13-14,17-21H2,1-8H3,(H,39,45)(H,41,46)(H,48,49)/t24?,25-,28+,30+,31+,32?,33-/m0/s1. The number of esters is 1. The third-order valence-electron chi connectivity index (χ3n) is 9.98. The molecule has 0 spiro atoms. The van der Waals surface area contributed by atoms with E-state index < -0.39 is 48.0 Å². The molecule has 1 aromatic heterocycles. The molecule has 2 unspecified atom stereocenters. The molecule has 13 heteroatoms. The second-order valence-electron chi connectivity index (χ2n) is 14.4. The SMILES string of the molecule is CCC(C)[C@H](NC(=O)[C@H]1CCCCN1C)C(=O)N(C)[C@H](CC(OC(C)=O)c1nc(C(=O)N[C@@H](Cc2ccccc2)C[C@H](C)C(=O)O)cs1)C(C)C. The van der Waals surface area contributed by atoms with Gasteiger partial charge in [-0.25, -0.2) is 4.98 Å². The van der Waals surface area contributed by atoms with Crippen molar-refractivity contribution >= 4 is 41.0 Å². The van der Waals surface area contributed by atoms with Crippen LogP contribution in [0.3, 0.4) is 0 Å². The number of aliphatic carboxylic acids is 1. The smallest absolute Gasteiger partial charge is 0.306 e. The number of carboxylic acids is 1. The Labute approximate surface area is 306 Å². The summed E-state index contributed by atoms with van der Waals surface area (Å²) in [6.45, 7) is 11.7. The number of nitrogens with one attached hydrogen (secondary N) is 2. The molecule has 1 aromatic carbocycles. The van der Waals surface area contributed by atoms with Crippen molar-refractivity contribution < 1.29 is 33.8 Å². The zero-order chi connectivity index (χ0) is 37.8. The van der Waals surface area contributed by atoms with Gasteiger partial charge in [-0.15, -0.1) is 11.3 Å². The molecule has 1 saturated heterocycles. The summed E-state index contributed by atoms with van der Waals surface area (Å²) in [5.74, 6) is -3.11. The van der Waals surface area contributed by atoms with Crippen molar-refractivity contribution in [3.05, 3.63) is 52.0 Å². The highest BCUT2D eigenvalue weighted by atomic mass is 32.1. The van der Waals surface area contributed by atoms with Crippen molar-refractivity contribution in [2.24, 2.45) is 17.8 Å². The zero-order valence-corrected chi connectivity index (χ0v) is 32.2. The van der Waals surface area contributed by atoms with Gasteiger partial charge in [-0.2, -0.15) is 0 Å². The lowest BCUT2D eigenvalue weighted by Gasteiger charge is -2.38. The van der Waals surface area contributed by atoms with Gasteiger partial charge in [-0.3, -0.25) is 28.9 Å². The number of hydrogen-bond acceptors (Lipinski definition) is 9. The van der Waals surface area contributed by atoms with E-state index in [1.165, 1.54) is 18.3 Å². The summed E-state index contributed by atoms with van der Waals surface area (Å²) in [5, 5.41) is 17.6. The van der Waals surface area contributed by atoms with Crippen LogP contribution in [0.1, 0.15) is 107 Å². The fourth-order valence-corrected chi connectivity index (χ4v) is 7.48. The maximum atomic E-state index is 14.2. The van der Waals surface area contributed by atoms with Crippen LogP contribution in [0.5, 0.6) is 0 Å². The lowest BCUT2D eigenvalue weighted by molar-refractivity contribution is -0.149. The Balaban J connectivity index is 1.81. The minimum atomic E-state index is -0.944. The molecule has 3 amide bonds.